The van der Waals surface area contributed by atoms with Crippen LogP contribution in [0.3, 0.4) is 0 Å². The molecule has 4 nitrogen and oxygen atoms in total. The summed E-state index contributed by atoms with van der Waals surface area (Å²) in [5, 5.41) is 3.22. The number of nitrogens with zero attached hydrogens (tertiary/aromatic N) is 1. The lowest BCUT2D eigenvalue weighted by molar-refractivity contribution is -0.121. The van der Waals surface area contributed by atoms with Crippen molar-refractivity contribution in [3.05, 3.63) is 18.2 Å². The fraction of sp³-hybridized carbons (Fsp3) is 0.417. The number of anilines is 2. The molecule has 1 aromatic carbocycles. The van der Waals surface area contributed by atoms with Gasteiger partial charge in [-0.25, -0.2) is 0 Å². The van der Waals surface area contributed by atoms with Crippen LogP contribution in [0.1, 0.15) is 13.8 Å². The smallest absolute Gasteiger partial charge is 0.251 e. The summed E-state index contributed by atoms with van der Waals surface area (Å²) in [5.41, 5.74) is 1.23. The number of methoxy groups -OCH3 is 1. The zero-order valence-electron chi connectivity index (χ0n) is 10.00. The Morgan fingerprint density at radius 3 is 2.69 bits per heavy atom. The van der Waals surface area contributed by atoms with Crippen LogP contribution in [-0.4, -0.2) is 25.6 Å². The van der Waals surface area contributed by atoms with Crippen LogP contribution in [0, 0.1) is 0 Å². The van der Waals surface area contributed by atoms with Gasteiger partial charge in [-0.1, -0.05) is 0 Å². The van der Waals surface area contributed by atoms with Gasteiger partial charge in [0.1, 0.15) is 11.3 Å². The molecule has 0 atom stereocenters. The molecule has 0 unspecified atom stereocenters. The van der Waals surface area contributed by atoms with Gasteiger partial charge in [0.25, 0.3) is 5.91 Å². The third-order valence-corrected chi connectivity index (χ3v) is 2.85. The van der Waals surface area contributed by atoms with Crippen LogP contribution in [0.5, 0.6) is 5.75 Å². The monoisotopic (exact) mass is 220 g/mol. The molecular formula is C12H16N2O2. The quantitative estimate of drug-likeness (QED) is 0.785. The van der Waals surface area contributed by atoms with Crippen LogP contribution in [0.15, 0.2) is 18.2 Å². The number of likely N-dealkylation sites (N-methyl/N-ethyl adjacent to an activating group) is 1. The molecule has 0 spiro atoms. The normalized spacial score (nSPS) is 17.8. The molecule has 1 heterocycles. The molecule has 0 bridgehead atoms. The van der Waals surface area contributed by atoms with Crippen molar-refractivity contribution in [1.82, 2.24) is 0 Å². The van der Waals surface area contributed by atoms with E-state index in [1.807, 2.05) is 32.0 Å². The van der Waals surface area contributed by atoms with Gasteiger partial charge in [0.15, 0.2) is 0 Å². The highest BCUT2D eigenvalue weighted by Crippen LogP contribution is 2.36. The number of amides is 1. The molecule has 1 N–H and O–H groups in total. The SMILES string of the molecule is COc1ccc2c(c1)NC(C)(C)C(=O)N2C. The number of carbonyl (C=O) groups excluding carboxylic acids is 1. The van der Waals surface area contributed by atoms with Crippen molar-refractivity contribution in [2.24, 2.45) is 0 Å². The number of fused-ring (bicyclic) bond motifs is 1. The number of hydrogen-bond acceptors (Lipinski definition) is 3. The highest BCUT2D eigenvalue weighted by molar-refractivity contribution is 6.07. The van der Waals surface area contributed by atoms with E-state index in [9.17, 15) is 4.79 Å². The highest BCUT2D eigenvalue weighted by atomic mass is 16.5. The molecule has 0 fully saturated rings. The minimum Gasteiger partial charge on any atom is -0.497 e. The van der Waals surface area contributed by atoms with Crippen LogP contribution in [-0.2, 0) is 4.79 Å². The summed E-state index contributed by atoms with van der Waals surface area (Å²) in [5.74, 6) is 0.843. The maximum atomic E-state index is 12.0. The van der Waals surface area contributed by atoms with E-state index in [0.29, 0.717) is 0 Å². The average molecular weight is 220 g/mol. The lowest BCUT2D eigenvalue weighted by Gasteiger charge is -2.38. The van der Waals surface area contributed by atoms with Crippen molar-refractivity contribution in [3.63, 3.8) is 0 Å². The number of carbonyl (C=O) groups is 1. The summed E-state index contributed by atoms with van der Waals surface area (Å²) < 4.78 is 5.17. The van der Waals surface area contributed by atoms with Gasteiger partial charge in [-0.2, -0.15) is 0 Å². The minimum absolute atomic E-state index is 0.0603. The van der Waals surface area contributed by atoms with E-state index in [1.165, 1.54) is 0 Å². The zero-order chi connectivity index (χ0) is 11.9. The number of hydrogen-bond donors (Lipinski definition) is 1. The number of ether oxygens (including phenoxy) is 1. The maximum absolute atomic E-state index is 12.0. The molecule has 0 saturated heterocycles. The summed E-state index contributed by atoms with van der Waals surface area (Å²) in [6.07, 6.45) is 0. The number of rotatable bonds is 1. The predicted molar refractivity (Wildman–Crippen MR) is 64.1 cm³/mol. The van der Waals surface area contributed by atoms with Gasteiger partial charge >= 0.3 is 0 Å². The molecule has 0 aliphatic carbocycles. The van der Waals surface area contributed by atoms with Gasteiger partial charge in [-0.3, -0.25) is 4.79 Å². The third-order valence-electron chi connectivity index (χ3n) is 2.85. The molecule has 2 rings (SSSR count). The Hall–Kier alpha value is -1.71. The van der Waals surface area contributed by atoms with Crippen molar-refractivity contribution in [3.8, 4) is 5.75 Å². The van der Waals surface area contributed by atoms with Crippen LogP contribution >= 0.6 is 0 Å². The van der Waals surface area contributed by atoms with E-state index >= 15 is 0 Å². The first kappa shape index (κ1) is 10.8. The van der Waals surface area contributed by atoms with Gasteiger partial charge in [0.2, 0.25) is 0 Å². The summed E-state index contributed by atoms with van der Waals surface area (Å²) in [6, 6.07) is 5.64. The van der Waals surface area contributed by atoms with Crippen molar-refractivity contribution >= 4 is 17.3 Å². The highest BCUT2D eigenvalue weighted by Gasteiger charge is 2.36. The van der Waals surface area contributed by atoms with Gasteiger partial charge in [-0.05, 0) is 26.0 Å². The Balaban J connectivity index is 2.51. The van der Waals surface area contributed by atoms with Crippen molar-refractivity contribution in [2.75, 3.05) is 24.4 Å². The second-order valence-corrected chi connectivity index (χ2v) is 4.50. The van der Waals surface area contributed by atoms with Crippen molar-refractivity contribution < 1.29 is 9.53 Å². The third kappa shape index (κ3) is 1.50. The molecule has 86 valence electrons. The molecular weight excluding hydrogens is 204 g/mol. The lowest BCUT2D eigenvalue weighted by Crippen LogP contribution is -2.52. The van der Waals surface area contributed by atoms with Gasteiger partial charge in [-0.15, -0.1) is 0 Å². The topological polar surface area (TPSA) is 41.6 Å². The van der Waals surface area contributed by atoms with E-state index in [4.69, 9.17) is 4.74 Å². The fourth-order valence-corrected chi connectivity index (χ4v) is 1.95. The predicted octanol–water partition coefficient (Wildman–Crippen LogP) is 1.86. The summed E-state index contributed by atoms with van der Waals surface area (Å²) in [4.78, 5) is 13.7. The Morgan fingerprint density at radius 2 is 2.06 bits per heavy atom. The zero-order valence-corrected chi connectivity index (χ0v) is 10.00. The Kier molecular flexibility index (Phi) is 2.30. The average Bonchev–Trinajstić information content (AvgIpc) is 2.25. The summed E-state index contributed by atoms with van der Waals surface area (Å²) in [7, 11) is 3.42. The molecule has 1 aliphatic rings. The minimum atomic E-state index is -0.575. The molecule has 1 aromatic rings. The van der Waals surface area contributed by atoms with E-state index in [0.717, 1.165) is 17.1 Å². The Labute approximate surface area is 95.2 Å². The van der Waals surface area contributed by atoms with Crippen molar-refractivity contribution in [2.45, 2.75) is 19.4 Å². The van der Waals surface area contributed by atoms with Crippen LogP contribution in [0.2, 0.25) is 0 Å². The summed E-state index contributed by atoms with van der Waals surface area (Å²) in [6.45, 7) is 3.74. The van der Waals surface area contributed by atoms with Crippen LogP contribution in [0.25, 0.3) is 0 Å². The largest absolute Gasteiger partial charge is 0.497 e. The van der Waals surface area contributed by atoms with E-state index in [2.05, 4.69) is 5.32 Å². The first-order chi connectivity index (χ1) is 7.45. The molecule has 0 radical (unpaired) electrons. The van der Waals surface area contributed by atoms with Gasteiger partial charge < -0.3 is 15.0 Å². The molecule has 4 heteroatoms. The first-order valence-corrected chi connectivity index (χ1v) is 5.20. The Bertz CT molecular complexity index is 441. The van der Waals surface area contributed by atoms with Crippen molar-refractivity contribution in [1.29, 1.82) is 0 Å². The molecule has 1 aliphatic heterocycles. The van der Waals surface area contributed by atoms with Gasteiger partial charge in [0.05, 0.1) is 18.5 Å². The Morgan fingerprint density at radius 1 is 1.38 bits per heavy atom. The molecule has 0 aromatic heterocycles. The molecule has 0 saturated carbocycles. The van der Waals surface area contributed by atoms with E-state index < -0.39 is 5.54 Å². The first-order valence-electron chi connectivity index (χ1n) is 5.20. The number of nitrogens with one attached hydrogen (secondary N) is 1. The lowest BCUT2D eigenvalue weighted by atomic mass is 9.98. The van der Waals surface area contributed by atoms with Crippen LogP contribution in [0.4, 0.5) is 11.4 Å². The van der Waals surface area contributed by atoms with E-state index in [1.54, 1.807) is 19.1 Å². The standard InChI is InChI=1S/C12H16N2O2/c1-12(2)11(15)14(3)10-6-5-8(16-4)7-9(10)13-12/h5-7,13H,1-4H3. The maximum Gasteiger partial charge on any atom is 0.251 e. The second-order valence-electron chi connectivity index (χ2n) is 4.50. The number of benzene rings is 1. The second kappa shape index (κ2) is 3.40. The van der Waals surface area contributed by atoms with E-state index in [-0.39, 0.29) is 5.91 Å². The van der Waals surface area contributed by atoms with Gasteiger partial charge in [0, 0.05) is 13.1 Å². The fourth-order valence-electron chi connectivity index (χ4n) is 1.95. The van der Waals surface area contributed by atoms with Crippen LogP contribution < -0.4 is 15.0 Å². The molecule has 1 amide bonds. The summed E-state index contributed by atoms with van der Waals surface area (Å²) >= 11 is 0. The molecule has 16 heavy (non-hydrogen) atoms.